The number of nitrogens with zero attached hydrogens (tertiary/aromatic N) is 2. The molecule has 2 aromatic carbocycles. The van der Waals surface area contributed by atoms with Gasteiger partial charge in [-0.25, -0.2) is 0 Å². The van der Waals surface area contributed by atoms with Gasteiger partial charge in [0.2, 0.25) is 0 Å². The monoisotopic (exact) mass is 394 g/mol. The van der Waals surface area contributed by atoms with Crippen LogP contribution >= 0.6 is 11.6 Å². The molecule has 23 heavy (non-hydrogen) atoms. The molecular formula is C16H8ClFN2O2Se. The van der Waals surface area contributed by atoms with Crippen LogP contribution in [0.15, 0.2) is 47.4 Å². The van der Waals surface area contributed by atoms with Crippen LogP contribution in [0.2, 0.25) is 5.02 Å². The second-order valence-corrected chi connectivity index (χ2v) is 7.41. The average molecular weight is 394 g/mol. The van der Waals surface area contributed by atoms with E-state index >= 15 is 0 Å². The molecule has 4 nitrogen and oxygen atoms in total. The Hall–Kier alpha value is -2.14. The summed E-state index contributed by atoms with van der Waals surface area (Å²) in [5.74, 6) is -0.655. The van der Waals surface area contributed by atoms with Crippen molar-refractivity contribution in [3.05, 3.63) is 63.8 Å². The molecule has 0 aliphatic carbocycles. The molecule has 0 saturated heterocycles. The van der Waals surface area contributed by atoms with Gasteiger partial charge in [0.05, 0.1) is 0 Å². The number of rotatable bonds is 1. The maximum atomic E-state index is 14.0. The summed E-state index contributed by atoms with van der Waals surface area (Å²) in [7, 11) is 0. The van der Waals surface area contributed by atoms with Crippen molar-refractivity contribution in [2.75, 3.05) is 0 Å². The van der Waals surface area contributed by atoms with Gasteiger partial charge in [-0.1, -0.05) is 0 Å². The molecule has 4 rings (SSSR count). The Morgan fingerprint density at radius 1 is 1.26 bits per heavy atom. The Bertz CT molecular complexity index is 1140. The summed E-state index contributed by atoms with van der Waals surface area (Å²) in [6, 6.07) is 9.59. The molecule has 0 fully saturated rings. The number of halogens is 2. The van der Waals surface area contributed by atoms with Crippen molar-refractivity contribution in [1.29, 1.82) is 0 Å². The van der Waals surface area contributed by atoms with Gasteiger partial charge in [-0.05, 0) is 0 Å². The predicted molar refractivity (Wildman–Crippen MR) is 88.4 cm³/mol. The van der Waals surface area contributed by atoms with E-state index in [9.17, 15) is 14.3 Å². The van der Waals surface area contributed by atoms with E-state index in [1.54, 1.807) is 24.3 Å². The zero-order chi connectivity index (χ0) is 16.1. The molecule has 114 valence electrons. The summed E-state index contributed by atoms with van der Waals surface area (Å²) in [6.07, 6.45) is 1.54. The number of phenols is 1. The number of phenolic OH excluding ortho intramolecular Hbond substituents is 1. The van der Waals surface area contributed by atoms with Gasteiger partial charge in [0.1, 0.15) is 0 Å². The van der Waals surface area contributed by atoms with Gasteiger partial charge in [-0.15, -0.1) is 0 Å². The standard InChI is InChI=1S/C16H8ClFN2O2Se/c17-9-7-11(8-3-2-6-19-14(8)15(9)21)20-16(22)13-10(18)4-1-5-12(13)23-20/h1-7,21H. The number of hydrogen-bond donors (Lipinski definition) is 1. The third kappa shape index (κ3) is 2.10. The van der Waals surface area contributed by atoms with Crippen LogP contribution in [0.1, 0.15) is 0 Å². The number of benzene rings is 2. The molecule has 2 aromatic heterocycles. The summed E-state index contributed by atoms with van der Waals surface area (Å²) in [5, 5.41) is 10.9. The van der Waals surface area contributed by atoms with E-state index in [1.165, 1.54) is 21.9 Å². The van der Waals surface area contributed by atoms with Crippen molar-refractivity contribution >= 4 is 46.9 Å². The predicted octanol–water partition coefficient (Wildman–Crippen LogP) is 3.09. The first-order valence-electron chi connectivity index (χ1n) is 6.65. The van der Waals surface area contributed by atoms with Gasteiger partial charge in [0.15, 0.2) is 0 Å². The molecule has 0 unspecified atom stereocenters. The minimum absolute atomic E-state index is 0.103. The van der Waals surface area contributed by atoms with Crippen LogP contribution in [0.4, 0.5) is 4.39 Å². The van der Waals surface area contributed by atoms with Crippen LogP contribution < -0.4 is 5.56 Å². The summed E-state index contributed by atoms with van der Waals surface area (Å²) in [4.78, 5) is 16.8. The molecule has 0 amide bonds. The molecule has 0 saturated carbocycles. The molecule has 0 spiro atoms. The summed E-state index contributed by atoms with van der Waals surface area (Å²) in [5.41, 5.74) is 0.441. The van der Waals surface area contributed by atoms with Crippen LogP contribution in [0, 0.1) is 5.82 Å². The van der Waals surface area contributed by atoms with E-state index in [1.807, 2.05) is 0 Å². The van der Waals surface area contributed by atoms with Crippen molar-refractivity contribution in [1.82, 2.24) is 8.55 Å². The summed E-state index contributed by atoms with van der Waals surface area (Å²) < 4.78 is 16.2. The molecule has 0 bridgehead atoms. The first-order chi connectivity index (χ1) is 11.1. The molecular weight excluding hydrogens is 386 g/mol. The van der Waals surface area contributed by atoms with Crippen molar-refractivity contribution in [2.45, 2.75) is 0 Å². The molecule has 7 heteroatoms. The van der Waals surface area contributed by atoms with Gasteiger partial charge >= 0.3 is 140 Å². The zero-order valence-electron chi connectivity index (χ0n) is 11.5. The molecule has 2 heterocycles. The van der Waals surface area contributed by atoms with Crippen LogP contribution in [-0.4, -0.2) is 28.4 Å². The maximum absolute atomic E-state index is 14.0. The number of fused-ring (bicyclic) bond motifs is 2. The van der Waals surface area contributed by atoms with Gasteiger partial charge in [-0.2, -0.15) is 0 Å². The van der Waals surface area contributed by atoms with E-state index in [0.29, 0.717) is 20.9 Å². The molecule has 0 aliphatic rings. The summed E-state index contributed by atoms with van der Waals surface area (Å²) >= 11 is 5.66. The second-order valence-electron chi connectivity index (χ2n) is 4.93. The van der Waals surface area contributed by atoms with Crippen molar-refractivity contribution < 1.29 is 9.50 Å². The number of hydrogen-bond acceptors (Lipinski definition) is 3. The fourth-order valence-electron chi connectivity index (χ4n) is 2.54. The van der Waals surface area contributed by atoms with Crippen LogP contribution in [0.3, 0.4) is 0 Å². The molecule has 0 atom stereocenters. The first-order valence-corrected chi connectivity index (χ1v) is 8.65. The Morgan fingerprint density at radius 3 is 2.87 bits per heavy atom. The molecule has 4 aromatic rings. The van der Waals surface area contributed by atoms with E-state index in [2.05, 4.69) is 4.98 Å². The molecule has 0 aliphatic heterocycles. The van der Waals surface area contributed by atoms with Crippen molar-refractivity contribution in [2.24, 2.45) is 0 Å². The van der Waals surface area contributed by atoms with E-state index in [-0.39, 0.29) is 16.2 Å². The normalized spacial score (nSPS) is 11.4. The quantitative estimate of drug-likeness (QED) is 0.506. The zero-order valence-corrected chi connectivity index (χ0v) is 13.9. The Labute approximate surface area is 140 Å². The van der Waals surface area contributed by atoms with E-state index < -0.39 is 26.1 Å². The van der Waals surface area contributed by atoms with Crippen molar-refractivity contribution in [3.63, 3.8) is 0 Å². The van der Waals surface area contributed by atoms with Crippen molar-refractivity contribution in [3.8, 4) is 11.4 Å². The Morgan fingerprint density at radius 2 is 2.09 bits per heavy atom. The SMILES string of the molecule is O=c1c2c(F)cccc2[se]n1-c1cc(Cl)c(O)c2ncccc12. The fourth-order valence-corrected chi connectivity index (χ4v) is 4.90. The topological polar surface area (TPSA) is 55.1 Å². The third-order valence-corrected chi connectivity index (χ3v) is 6.14. The van der Waals surface area contributed by atoms with Gasteiger partial charge in [0, 0.05) is 0 Å². The third-order valence-electron chi connectivity index (χ3n) is 3.58. The number of pyridine rings is 1. The molecule has 1 N–H and O–H groups in total. The average Bonchev–Trinajstić information content (AvgIpc) is 2.89. The minimum atomic E-state index is -0.524. The van der Waals surface area contributed by atoms with E-state index in [4.69, 9.17) is 11.6 Å². The van der Waals surface area contributed by atoms with Crippen LogP contribution in [0.25, 0.3) is 26.2 Å². The second kappa shape index (κ2) is 5.20. The summed E-state index contributed by atoms with van der Waals surface area (Å²) in [6.45, 7) is 0. The molecule has 0 radical (unpaired) electrons. The number of aromatic nitrogens is 2. The number of aromatic hydroxyl groups is 1. The van der Waals surface area contributed by atoms with Gasteiger partial charge in [-0.3, -0.25) is 0 Å². The Kier molecular flexibility index (Phi) is 3.27. The van der Waals surface area contributed by atoms with Crippen LogP contribution in [-0.2, 0) is 0 Å². The van der Waals surface area contributed by atoms with Crippen LogP contribution in [0.5, 0.6) is 5.75 Å². The van der Waals surface area contributed by atoms with E-state index in [0.717, 1.165) is 0 Å². The fraction of sp³-hybridized carbons (Fsp3) is 0. The van der Waals surface area contributed by atoms with Gasteiger partial charge < -0.3 is 0 Å². The van der Waals surface area contributed by atoms with Gasteiger partial charge in [0.25, 0.3) is 0 Å². The first kappa shape index (κ1) is 14.5. The Balaban J connectivity index is 2.16.